The van der Waals surface area contributed by atoms with Crippen molar-refractivity contribution in [3.8, 4) is 32.8 Å². The van der Waals surface area contributed by atoms with E-state index in [-0.39, 0.29) is 5.91 Å². The van der Waals surface area contributed by atoms with Crippen molar-refractivity contribution in [3.05, 3.63) is 63.7 Å². The number of aryl methyl sites for hydroxylation is 2. The van der Waals surface area contributed by atoms with E-state index in [2.05, 4.69) is 10.4 Å². The van der Waals surface area contributed by atoms with Crippen molar-refractivity contribution in [1.82, 2.24) is 29.9 Å². The maximum Gasteiger partial charge on any atom is 0.251 e. The van der Waals surface area contributed by atoms with Gasteiger partial charge < -0.3 is 14.8 Å². The summed E-state index contributed by atoms with van der Waals surface area (Å²) in [5.74, 6) is 1.23. The van der Waals surface area contributed by atoms with E-state index in [9.17, 15) is 4.79 Å². The molecule has 0 bridgehead atoms. The van der Waals surface area contributed by atoms with Gasteiger partial charge in [0, 0.05) is 35.2 Å². The van der Waals surface area contributed by atoms with E-state index in [0.29, 0.717) is 23.7 Å². The largest absolute Gasteiger partial charge is 0.497 e. The summed E-state index contributed by atoms with van der Waals surface area (Å²) in [5, 5.41) is 9.72. The number of carbonyl (C=O) groups is 1. The van der Waals surface area contributed by atoms with Crippen molar-refractivity contribution in [2.75, 3.05) is 14.2 Å². The van der Waals surface area contributed by atoms with E-state index >= 15 is 0 Å². The molecule has 4 heterocycles. The van der Waals surface area contributed by atoms with Crippen molar-refractivity contribution in [2.45, 2.75) is 20.5 Å². The molecule has 0 radical (unpaired) electrons. The lowest BCUT2D eigenvalue weighted by molar-refractivity contribution is 0.0963. The zero-order valence-electron chi connectivity index (χ0n) is 20.9. The Morgan fingerprint density at radius 1 is 1.03 bits per heavy atom. The monoisotopic (exact) mass is 562 g/mol. The molecule has 2 aromatic carbocycles. The summed E-state index contributed by atoms with van der Waals surface area (Å²) < 4.78 is 14.5. The normalized spacial score (nSPS) is 11.4. The van der Waals surface area contributed by atoms with Crippen LogP contribution in [0.25, 0.3) is 36.5 Å². The summed E-state index contributed by atoms with van der Waals surface area (Å²) in [5.41, 5.74) is 3.99. The molecule has 0 saturated heterocycles. The van der Waals surface area contributed by atoms with E-state index in [0.717, 1.165) is 52.0 Å². The second-order valence-corrected chi connectivity index (χ2v) is 11.8. The molecule has 6 aromatic rings. The summed E-state index contributed by atoms with van der Waals surface area (Å²) in [7, 11) is 3.25. The summed E-state index contributed by atoms with van der Waals surface area (Å²) in [4.78, 5) is 28.1. The van der Waals surface area contributed by atoms with Crippen LogP contribution in [-0.4, -0.2) is 44.6 Å². The highest BCUT2D eigenvalue weighted by atomic mass is 32.1. The van der Waals surface area contributed by atoms with E-state index in [1.54, 1.807) is 53.5 Å². The van der Waals surface area contributed by atoms with Crippen LogP contribution in [0, 0.1) is 13.8 Å². The lowest BCUT2D eigenvalue weighted by Gasteiger charge is -2.08. The SMILES string of the molecule is CNC(=O)c1ccc(-c2nc(COc3cc(OC)cc4nc(-c5cn6nc(C)sc6n5)sc34)c(C)s2)cc1. The quantitative estimate of drug-likeness (QED) is 0.264. The molecule has 0 spiro atoms. The first kappa shape index (κ1) is 24.5. The van der Waals surface area contributed by atoms with E-state index in [1.807, 2.05) is 44.3 Å². The molecule has 0 unspecified atom stereocenters. The Morgan fingerprint density at radius 2 is 1.84 bits per heavy atom. The highest BCUT2D eigenvalue weighted by Gasteiger charge is 2.18. The molecule has 9 nitrogen and oxygen atoms in total. The first-order chi connectivity index (χ1) is 18.4. The number of nitrogens with zero attached hydrogens (tertiary/aromatic N) is 5. The van der Waals surface area contributed by atoms with E-state index in [1.165, 1.54) is 11.3 Å². The molecule has 0 aliphatic carbocycles. The maximum absolute atomic E-state index is 11.8. The molecule has 4 aromatic heterocycles. The van der Waals surface area contributed by atoms with Crippen molar-refractivity contribution in [1.29, 1.82) is 0 Å². The highest BCUT2D eigenvalue weighted by molar-refractivity contribution is 7.22. The minimum absolute atomic E-state index is 0.115. The molecule has 1 N–H and O–H groups in total. The third-order valence-electron chi connectivity index (χ3n) is 5.91. The predicted octanol–water partition coefficient (Wildman–Crippen LogP) is 5.76. The van der Waals surface area contributed by atoms with E-state index < -0.39 is 0 Å². The molecule has 12 heteroatoms. The molecule has 0 atom stereocenters. The van der Waals surface area contributed by atoms with Gasteiger partial charge in [-0.1, -0.05) is 23.5 Å². The first-order valence-electron chi connectivity index (χ1n) is 11.6. The van der Waals surface area contributed by atoms with Crippen LogP contribution >= 0.6 is 34.0 Å². The Kier molecular flexibility index (Phi) is 6.30. The van der Waals surface area contributed by atoms with Gasteiger partial charge in [-0.2, -0.15) is 5.10 Å². The molecule has 6 rings (SSSR count). The van der Waals surface area contributed by atoms with Crippen LogP contribution in [0.1, 0.15) is 25.9 Å². The first-order valence-corrected chi connectivity index (χ1v) is 14.1. The number of methoxy groups -OCH3 is 1. The number of amides is 1. The van der Waals surface area contributed by atoms with Gasteiger partial charge in [-0.3, -0.25) is 4.79 Å². The Labute approximate surface area is 229 Å². The maximum atomic E-state index is 11.8. The third kappa shape index (κ3) is 4.51. The number of carbonyl (C=O) groups excluding carboxylic acids is 1. The number of aromatic nitrogens is 5. The van der Waals surface area contributed by atoms with Crippen LogP contribution in [0.4, 0.5) is 0 Å². The van der Waals surface area contributed by atoms with Gasteiger partial charge in [0.1, 0.15) is 38.8 Å². The average Bonchev–Trinajstić information content (AvgIpc) is 3.69. The van der Waals surface area contributed by atoms with E-state index in [4.69, 9.17) is 24.4 Å². The zero-order valence-corrected chi connectivity index (χ0v) is 23.4. The second-order valence-electron chi connectivity index (χ2n) is 8.43. The molecular weight excluding hydrogens is 541 g/mol. The van der Waals surface area contributed by atoms with Gasteiger partial charge in [-0.05, 0) is 26.0 Å². The summed E-state index contributed by atoms with van der Waals surface area (Å²) in [6, 6.07) is 11.2. The number of nitrogens with one attached hydrogen (secondary N) is 1. The van der Waals surface area contributed by atoms with Crippen LogP contribution in [0.15, 0.2) is 42.6 Å². The molecule has 0 aliphatic heterocycles. The Balaban J connectivity index is 1.27. The summed E-state index contributed by atoms with van der Waals surface area (Å²) in [6.07, 6.45) is 1.90. The summed E-state index contributed by atoms with van der Waals surface area (Å²) in [6.45, 7) is 4.30. The number of thiazole rings is 2. The molecular formula is C26H22N6O3S3. The van der Waals surface area contributed by atoms with Gasteiger partial charge in [-0.15, -0.1) is 22.7 Å². The van der Waals surface area contributed by atoms with Crippen molar-refractivity contribution < 1.29 is 14.3 Å². The lowest BCUT2D eigenvalue weighted by atomic mass is 10.1. The summed E-state index contributed by atoms with van der Waals surface area (Å²) >= 11 is 4.67. The van der Waals surface area contributed by atoms with Gasteiger partial charge in [0.05, 0.1) is 29.2 Å². The molecule has 0 fully saturated rings. The van der Waals surface area contributed by atoms with Gasteiger partial charge in [0.25, 0.3) is 5.91 Å². The number of hydrogen-bond donors (Lipinski definition) is 1. The molecule has 192 valence electrons. The Bertz CT molecular complexity index is 1770. The molecule has 1 amide bonds. The van der Waals surface area contributed by atoms with Crippen molar-refractivity contribution >= 4 is 55.1 Å². The average molecular weight is 563 g/mol. The fourth-order valence-corrected chi connectivity index (χ4v) is 6.57. The molecule has 0 saturated carbocycles. The Morgan fingerprint density at radius 3 is 2.58 bits per heavy atom. The predicted molar refractivity (Wildman–Crippen MR) is 151 cm³/mol. The smallest absolute Gasteiger partial charge is 0.251 e. The van der Waals surface area contributed by atoms with Crippen LogP contribution < -0.4 is 14.8 Å². The topological polar surface area (TPSA) is 104 Å². The number of hydrogen-bond acceptors (Lipinski definition) is 10. The number of fused-ring (bicyclic) bond motifs is 2. The zero-order chi connectivity index (χ0) is 26.4. The molecule has 0 aliphatic rings. The van der Waals surface area contributed by atoms with Gasteiger partial charge in [0.2, 0.25) is 4.96 Å². The van der Waals surface area contributed by atoms with Crippen LogP contribution in [0.3, 0.4) is 0 Å². The minimum Gasteiger partial charge on any atom is -0.497 e. The highest BCUT2D eigenvalue weighted by Crippen LogP contribution is 2.39. The molecule has 38 heavy (non-hydrogen) atoms. The number of imidazole rings is 1. The number of rotatable bonds is 7. The number of benzene rings is 2. The van der Waals surface area contributed by atoms with Crippen LogP contribution in [-0.2, 0) is 6.61 Å². The minimum atomic E-state index is -0.115. The van der Waals surface area contributed by atoms with Crippen LogP contribution in [0.5, 0.6) is 11.5 Å². The van der Waals surface area contributed by atoms with Gasteiger partial charge >= 0.3 is 0 Å². The van der Waals surface area contributed by atoms with Gasteiger partial charge in [0.15, 0.2) is 0 Å². The number of ether oxygens (including phenoxy) is 2. The lowest BCUT2D eigenvalue weighted by Crippen LogP contribution is -2.17. The third-order valence-corrected chi connectivity index (χ3v) is 8.92. The fraction of sp³-hybridized carbons (Fsp3) is 0.192. The Hall–Kier alpha value is -3.87. The standard InChI is InChI=1S/C26H22N6O3S3/c1-13-20(29-24(36-13)16-7-5-15(6-8-16)23(33)27-3)12-35-21-10-17(34-4)9-18-22(21)38-25(28-18)19-11-32-26(30-19)37-14(2)31-32/h5-11H,12H2,1-4H3,(H,27,33). The van der Waals surface area contributed by atoms with Crippen molar-refractivity contribution in [3.63, 3.8) is 0 Å². The van der Waals surface area contributed by atoms with Crippen molar-refractivity contribution in [2.24, 2.45) is 0 Å². The van der Waals surface area contributed by atoms with Gasteiger partial charge in [-0.25, -0.2) is 19.5 Å². The second kappa shape index (κ2) is 9.78. The van der Waals surface area contributed by atoms with Crippen LogP contribution in [0.2, 0.25) is 0 Å². The fourth-order valence-electron chi connectivity index (χ4n) is 3.95.